The first-order valence-corrected chi connectivity index (χ1v) is 11.5. The van der Waals surface area contributed by atoms with Gasteiger partial charge < -0.3 is 24.2 Å². The Morgan fingerprint density at radius 3 is 2.64 bits per heavy atom. The molecule has 0 spiro atoms. The fourth-order valence-electron chi connectivity index (χ4n) is 4.42. The number of pyridine rings is 1. The van der Waals surface area contributed by atoms with E-state index in [4.69, 9.17) is 4.74 Å². The zero-order valence-electron chi connectivity index (χ0n) is 20.4. The molecule has 0 fully saturated rings. The number of amides is 1. The predicted molar refractivity (Wildman–Crippen MR) is 130 cm³/mol. The number of nitrogens with zero attached hydrogens (tertiary/aromatic N) is 5. The number of fused-ring (bicyclic) bond motifs is 2. The quantitative estimate of drug-likeness (QED) is 0.418. The van der Waals surface area contributed by atoms with Crippen molar-refractivity contribution < 1.29 is 27.5 Å². The molecule has 11 heteroatoms. The Kier molecular flexibility index (Phi) is 7.21. The van der Waals surface area contributed by atoms with Gasteiger partial charge in [0.2, 0.25) is 0 Å². The molecule has 0 atom stereocenters. The Bertz CT molecular complexity index is 1250. The number of hydrogen-bond acceptors (Lipinski definition) is 6. The Morgan fingerprint density at radius 2 is 1.97 bits per heavy atom. The van der Waals surface area contributed by atoms with Crippen molar-refractivity contribution in [3.63, 3.8) is 0 Å². The number of rotatable bonds is 9. The lowest BCUT2D eigenvalue weighted by Crippen LogP contribution is -2.43. The number of methoxy groups -OCH3 is 1. The van der Waals surface area contributed by atoms with E-state index in [1.807, 2.05) is 52.7 Å². The van der Waals surface area contributed by atoms with Crippen LogP contribution >= 0.6 is 0 Å². The van der Waals surface area contributed by atoms with Gasteiger partial charge in [0.15, 0.2) is 0 Å². The van der Waals surface area contributed by atoms with Gasteiger partial charge in [0.1, 0.15) is 24.2 Å². The summed E-state index contributed by atoms with van der Waals surface area (Å²) in [5, 5.41) is 0. The normalized spacial score (nSPS) is 13.9. The molecule has 1 aliphatic heterocycles. The number of alkyl halides is 3. The molecule has 0 bridgehead atoms. The van der Waals surface area contributed by atoms with Gasteiger partial charge in [-0.2, -0.15) is 13.2 Å². The number of aldehydes is 1. The van der Waals surface area contributed by atoms with Gasteiger partial charge in [0, 0.05) is 43.1 Å². The summed E-state index contributed by atoms with van der Waals surface area (Å²) >= 11 is 0. The molecule has 8 nitrogen and oxygen atoms in total. The van der Waals surface area contributed by atoms with Crippen molar-refractivity contribution in [3.05, 3.63) is 47.8 Å². The third-order valence-electron chi connectivity index (χ3n) is 6.20. The van der Waals surface area contributed by atoms with Crippen LogP contribution in [0.3, 0.4) is 0 Å². The number of benzene rings is 1. The number of halogens is 3. The third kappa shape index (κ3) is 5.30. The molecule has 0 saturated carbocycles. The maximum atomic E-state index is 12.9. The zero-order chi connectivity index (χ0) is 26.0. The van der Waals surface area contributed by atoms with Gasteiger partial charge >= 0.3 is 6.18 Å². The molecule has 3 aromatic rings. The first-order valence-electron chi connectivity index (χ1n) is 11.5. The highest BCUT2D eigenvalue weighted by Gasteiger charge is 2.37. The second-order valence-corrected chi connectivity index (χ2v) is 8.98. The number of likely N-dealkylation sites (N-methyl/N-ethyl adjacent to an activating group) is 1. The van der Waals surface area contributed by atoms with E-state index in [0.29, 0.717) is 17.8 Å². The molecular formula is C25H28F3N5O3. The van der Waals surface area contributed by atoms with Crippen molar-refractivity contribution in [3.8, 4) is 17.0 Å². The van der Waals surface area contributed by atoms with Gasteiger partial charge in [0.05, 0.1) is 31.1 Å². The van der Waals surface area contributed by atoms with Gasteiger partial charge in [-0.15, -0.1) is 0 Å². The Hall–Kier alpha value is -3.60. The molecule has 0 saturated heterocycles. The summed E-state index contributed by atoms with van der Waals surface area (Å²) in [5.41, 5.74) is 3.83. The number of imidazole rings is 1. The van der Waals surface area contributed by atoms with Crippen molar-refractivity contribution in [2.75, 3.05) is 58.8 Å². The van der Waals surface area contributed by atoms with E-state index in [1.165, 1.54) is 7.11 Å². The fraction of sp³-hybridized carbons (Fsp3) is 0.400. The average Bonchev–Trinajstić information content (AvgIpc) is 3.25. The predicted octanol–water partition coefficient (Wildman–Crippen LogP) is 3.14. The smallest absolute Gasteiger partial charge is 0.406 e. The van der Waals surface area contributed by atoms with E-state index in [-0.39, 0.29) is 30.8 Å². The highest BCUT2D eigenvalue weighted by atomic mass is 19.4. The molecule has 0 aliphatic carbocycles. The average molecular weight is 504 g/mol. The monoisotopic (exact) mass is 503 g/mol. The van der Waals surface area contributed by atoms with Crippen molar-refractivity contribution in [1.82, 2.24) is 19.2 Å². The third-order valence-corrected chi connectivity index (χ3v) is 6.20. The molecule has 1 aromatic carbocycles. The maximum Gasteiger partial charge on any atom is 0.406 e. The van der Waals surface area contributed by atoms with Crippen LogP contribution in [0.15, 0.2) is 36.7 Å². The maximum absolute atomic E-state index is 12.9. The number of hydrogen-bond donors (Lipinski definition) is 0. The Labute approximate surface area is 206 Å². The number of carbonyl (C=O) groups excluding carboxylic acids is 2. The lowest BCUT2D eigenvalue weighted by Gasteiger charge is -2.30. The summed E-state index contributed by atoms with van der Waals surface area (Å²) in [6.07, 6.45) is 0.249. The molecule has 0 radical (unpaired) electrons. The molecule has 192 valence electrons. The van der Waals surface area contributed by atoms with Crippen molar-refractivity contribution in [2.24, 2.45) is 0 Å². The van der Waals surface area contributed by atoms with Gasteiger partial charge in [-0.05, 0) is 44.3 Å². The van der Waals surface area contributed by atoms with Crippen LogP contribution in [-0.4, -0.2) is 91.5 Å². The van der Waals surface area contributed by atoms with Gasteiger partial charge in [-0.1, -0.05) is 0 Å². The van der Waals surface area contributed by atoms with Crippen LogP contribution in [0.25, 0.3) is 16.9 Å². The molecule has 1 amide bonds. The lowest BCUT2D eigenvalue weighted by atomic mass is 9.94. The first kappa shape index (κ1) is 25.5. The van der Waals surface area contributed by atoms with Crippen LogP contribution in [0.1, 0.15) is 15.9 Å². The highest BCUT2D eigenvalue weighted by molar-refractivity contribution is 6.00. The molecule has 36 heavy (non-hydrogen) atoms. The lowest BCUT2D eigenvalue weighted by molar-refractivity contribution is -0.141. The summed E-state index contributed by atoms with van der Waals surface area (Å²) in [7, 11) is 5.33. The van der Waals surface area contributed by atoms with Crippen molar-refractivity contribution >= 4 is 23.5 Å². The summed E-state index contributed by atoms with van der Waals surface area (Å²) in [6.45, 7) is 0.415. The summed E-state index contributed by atoms with van der Waals surface area (Å²) in [6, 6.07) is 7.27. The molecule has 0 N–H and O–H groups in total. The largest absolute Gasteiger partial charge is 0.496 e. The summed E-state index contributed by atoms with van der Waals surface area (Å²) in [5.74, 6) is -0.459. The molecule has 3 heterocycles. The fourth-order valence-corrected chi connectivity index (χ4v) is 4.42. The van der Waals surface area contributed by atoms with Crippen molar-refractivity contribution in [2.45, 2.75) is 12.6 Å². The second-order valence-electron chi connectivity index (χ2n) is 8.98. The topological polar surface area (TPSA) is 70.4 Å². The van der Waals surface area contributed by atoms with Crippen LogP contribution in [0.2, 0.25) is 0 Å². The zero-order valence-corrected chi connectivity index (χ0v) is 20.4. The molecule has 1 aliphatic rings. The molecule has 4 rings (SSSR count). The minimum atomic E-state index is -4.47. The highest BCUT2D eigenvalue weighted by Crippen LogP contribution is 2.35. The van der Waals surface area contributed by atoms with E-state index in [0.717, 1.165) is 34.7 Å². The van der Waals surface area contributed by atoms with E-state index in [9.17, 15) is 22.8 Å². The standard InChI is InChI=1S/C25H28F3N5O3/c1-30(2)8-9-31(10-11-34)19-5-7-33-20(15-29-22(33)14-19)18-12-17-4-6-32(16-25(26,27)28)24(35)23(17)21(13-18)36-3/h5,7,11-15H,4,6,8-10,16H2,1-3H3. The molecule has 0 unspecified atom stereocenters. The first-order chi connectivity index (χ1) is 17.1. The minimum Gasteiger partial charge on any atom is -0.496 e. The van der Waals surface area contributed by atoms with Crippen molar-refractivity contribution in [1.29, 1.82) is 0 Å². The summed E-state index contributed by atoms with van der Waals surface area (Å²) < 4.78 is 46.1. The van der Waals surface area contributed by atoms with E-state index in [1.54, 1.807) is 12.3 Å². The van der Waals surface area contributed by atoms with Crippen LogP contribution in [-0.2, 0) is 11.2 Å². The Morgan fingerprint density at radius 1 is 1.19 bits per heavy atom. The minimum absolute atomic E-state index is 0.0199. The van der Waals surface area contributed by atoms with Crippen LogP contribution in [0, 0.1) is 0 Å². The number of carbonyl (C=O) groups is 2. The van der Waals surface area contributed by atoms with Gasteiger partial charge in [0.25, 0.3) is 5.91 Å². The summed E-state index contributed by atoms with van der Waals surface area (Å²) in [4.78, 5) is 33.4. The number of ether oxygens (including phenoxy) is 1. The van der Waals surface area contributed by atoms with Gasteiger partial charge in [-0.3, -0.25) is 9.20 Å². The van der Waals surface area contributed by atoms with E-state index < -0.39 is 18.6 Å². The van der Waals surface area contributed by atoms with Crippen LogP contribution in [0.4, 0.5) is 18.9 Å². The number of aromatic nitrogens is 2. The van der Waals surface area contributed by atoms with Crippen LogP contribution in [0.5, 0.6) is 5.75 Å². The SMILES string of the molecule is COc1cc(-c2cnc3cc(N(CC=O)CCN(C)C)ccn23)cc2c1C(=O)N(CC(F)(F)F)CC2. The van der Waals surface area contributed by atoms with Gasteiger partial charge in [-0.25, -0.2) is 4.98 Å². The molecular weight excluding hydrogens is 475 g/mol. The van der Waals surface area contributed by atoms with Crippen LogP contribution < -0.4 is 9.64 Å². The number of anilines is 1. The molecule has 2 aromatic heterocycles. The second kappa shape index (κ2) is 10.2. The van der Waals surface area contributed by atoms with E-state index in [2.05, 4.69) is 4.98 Å². The van der Waals surface area contributed by atoms with E-state index >= 15 is 0 Å². The Balaban J connectivity index is 1.68.